The quantitative estimate of drug-likeness (QED) is 0.760. The Bertz CT molecular complexity index is 584. The molecule has 2 aromatic rings. The third kappa shape index (κ3) is 4.93. The minimum Gasteiger partial charge on any atom is -0.429 e. The number of aromatic nitrogens is 2. The van der Waals surface area contributed by atoms with E-state index in [9.17, 15) is 0 Å². The first-order valence-electron chi connectivity index (χ1n) is 6.75. The highest BCUT2D eigenvalue weighted by molar-refractivity contribution is 7.13. The van der Waals surface area contributed by atoms with Gasteiger partial charge in [0.25, 0.3) is 5.19 Å². The summed E-state index contributed by atoms with van der Waals surface area (Å²) in [6.45, 7) is 4.11. The number of ether oxygens (including phenoxy) is 2. The van der Waals surface area contributed by atoms with Crippen LogP contribution in [0.1, 0.15) is 17.5 Å². The zero-order chi connectivity index (χ0) is 14.9. The fourth-order valence-electron chi connectivity index (χ4n) is 1.71. The van der Waals surface area contributed by atoms with Crippen molar-refractivity contribution >= 4 is 17.4 Å². The Hall–Kier alpha value is -1.76. The van der Waals surface area contributed by atoms with Crippen LogP contribution in [0.25, 0.3) is 6.08 Å². The predicted molar refractivity (Wildman–Crippen MR) is 84.7 cm³/mol. The van der Waals surface area contributed by atoms with Gasteiger partial charge in [0, 0.05) is 25.8 Å². The Balaban J connectivity index is 1.96. The van der Waals surface area contributed by atoms with Crippen molar-refractivity contribution in [1.29, 1.82) is 0 Å². The molecule has 1 aromatic carbocycles. The first-order chi connectivity index (χ1) is 10.3. The smallest absolute Gasteiger partial charge is 0.299 e. The van der Waals surface area contributed by atoms with E-state index >= 15 is 0 Å². The van der Waals surface area contributed by atoms with Crippen LogP contribution < -0.4 is 10.1 Å². The van der Waals surface area contributed by atoms with Crippen LogP contribution in [-0.4, -0.2) is 30.5 Å². The largest absolute Gasteiger partial charge is 0.429 e. The van der Waals surface area contributed by atoms with Crippen LogP contribution >= 0.6 is 11.3 Å². The van der Waals surface area contributed by atoms with Gasteiger partial charge < -0.3 is 14.8 Å². The summed E-state index contributed by atoms with van der Waals surface area (Å²) in [6, 6.07) is 7.85. The van der Waals surface area contributed by atoms with Crippen molar-refractivity contribution < 1.29 is 9.47 Å². The average Bonchev–Trinajstić information content (AvgIpc) is 2.94. The molecule has 0 bridgehead atoms. The highest BCUT2D eigenvalue weighted by Crippen LogP contribution is 2.28. The van der Waals surface area contributed by atoms with Gasteiger partial charge in [-0.25, -0.2) is 0 Å². The summed E-state index contributed by atoms with van der Waals surface area (Å²) in [5, 5.41) is 12.8. The average molecular weight is 305 g/mol. The standard InChI is InChI=1S/C15H19N3O2S/c1-3-6-12-7-4-5-8-13(12)20-15-18-17-14(21-15)11-16-9-10-19-2/h3-8,16H,9-11H2,1-2H3/b6-3+. The van der Waals surface area contributed by atoms with Gasteiger partial charge >= 0.3 is 0 Å². The maximum absolute atomic E-state index is 5.81. The van der Waals surface area contributed by atoms with E-state index in [1.165, 1.54) is 11.3 Å². The summed E-state index contributed by atoms with van der Waals surface area (Å²) >= 11 is 1.44. The molecule has 1 heterocycles. The number of para-hydroxylation sites is 1. The molecule has 0 amide bonds. The van der Waals surface area contributed by atoms with Crippen molar-refractivity contribution in [2.24, 2.45) is 0 Å². The van der Waals surface area contributed by atoms with E-state index in [0.717, 1.165) is 22.9 Å². The van der Waals surface area contributed by atoms with Crippen LogP contribution in [0.5, 0.6) is 10.9 Å². The molecule has 1 N–H and O–H groups in total. The molecule has 5 nitrogen and oxygen atoms in total. The summed E-state index contributed by atoms with van der Waals surface area (Å²) in [7, 11) is 1.68. The first kappa shape index (κ1) is 15.6. The third-order valence-electron chi connectivity index (χ3n) is 2.67. The molecule has 0 saturated carbocycles. The Morgan fingerprint density at radius 2 is 2.14 bits per heavy atom. The van der Waals surface area contributed by atoms with Crippen molar-refractivity contribution in [3.05, 3.63) is 40.9 Å². The van der Waals surface area contributed by atoms with Gasteiger partial charge in [-0.3, -0.25) is 0 Å². The molecule has 6 heteroatoms. The van der Waals surface area contributed by atoms with E-state index in [1.807, 2.05) is 43.3 Å². The Morgan fingerprint density at radius 3 is 2.95 bits per heavy atom. The second-order valence-corrected chi connectivity index (χ2v) is 5.30. The van der Waals surface area contributed by atoms with Gasteiger partial charge in [0.2, 0.25) is 0 Å². The normalized spacial score (nSPS) is 11.1. The zero-order valence-corrected chi connectivity index (χ0v) is 13.0. The number of nitrogens with zero attached hydrogens (tertiary/aromatic N) is 2. The van der Waals surface area contributed by atoms with Gasteiger partial charge in [-0.1, -0.05) is 46.8 Å². The molecular weight excluding hydrogens is 286 g/mol. The molecule has 2 rings (SSSR count). The number of nitrogens with one attached hydrogen (secondary N) is 1. The summed E-state index contributed by atoms with van der Waals surface area (Å²) in [5.74, 6) is 0.783. The molecule has 0 saturated heterocycles. The minimum absolute atomic E-state index is 0.551. The van der Waals surface area contributed by atoms with Crippen molar-refractivity contribution in [3.8, 4) is 10.9 Å². The molecular formula is C15H19N3O2S. The molecule has 1 aromatic heterocycles. The van der Waals surface area contributed by atoms with Crippen LogP contribution in [0, 0.1) is 0 Å². The number of allylic oxidation sites excluding steroid dienone is 1. The monoisotopic (exact) mass is 305 g/mol. The fraction of sp³-hybridized carbons (Fsp3) is 0.333. The number of benzene rings is 1. The maximum Gasteiger partial charge on any atom is 0.299 e. The van der Waals surface area contributed by atoms with E-state index in [4.69, 9.17) is 9.47 Å². The lowest BCUT2D eigenvalue weighted by Gasteiger charge is -2.04. The predicted octanol–water partition coefficient (Wildman–Crippen LogP) is 3.10. The lowest BCUT2D eigenvalue weighted by Crippen LogP contribution is -2.18. The Kier molecular flexibility index (Phi) is 6.33. The van der Waals surface area contributed by atoms with E-state index in [-0.39, 0.29) is 0 Å². The fourth-order valence-corrected chi connectivity index (χ4v) is 2.38. The molecule has 0 radical (unpaired) electrons. The highest BCUT2D eigenvalue weighted by Gasteiger charge is 2.08. The maximum atomic E-state index is 5.81. The van der Waals surface area contributed by atoms with Gasteiger partial charge in [-0.15, -0.1) is 5.10 Å². The molecule has 0 spiro atoms. The zero-order valence-electron chi connectivity index (χ0n) is 12.2. The third-order valence-corrected chi connectivity index (χ3v) is 3.47. The number of hydrogen-bond acceptors (Lipinski definition) is 6. The lowest BCUT2D eigenvalue weighted by atomic mass is 10.2. The van der Waals surface area contributed by atoms with Crippen molar-refractivity contribution in [3.63, 3.8) is 0 Å². The molecule has 0 unspecified atom stereocenters. The number of hydrogen-bond donors (Lipinski definition) is 1. The summed E-state index contributed by atoms with van der Waals surface area (Å²) in [5.41, 5.74) is 1.02. The number of rotatable bonds is 8. The SMILES string of the molecule is C/C=C/c1ccccc1Oc1nnc(CNCCOC)s1. The Labute approximate surface area is 128 Å². The molecule has 112 valence electrons. The van der Waals surface area contributed by atoms with Crippen LogP contribution in [0.15, 0.2) is 30.3 Å². The summed E-state index contributed by atoms with van der Waals surface area (Å²) in [6.07, 6.45) is 3.98. The number of methoxy groups -OCH3 is 1. The van der Waals surface area contributed by atoms with Gasteiger partial charge in [0.15, 0.2) is 0 Å². The molecule has 0 fully saturated rings. The van der Waals surface area contributed by atoms with Crippen LogP contribution in [0.4, 0.5) is 0 Å². The highest BCUT2D eigenvalue weighted by atomic mass is 32.1. The van der Waals surface area contributed by atoms with Crippen LogP contribution in [0.2, 0.25) is 0 Å². The minimum atomic E-state index is 0.551. The summed E-state index contributed by atoms with van der Waals surface area (Å²) < 4.78 is 10.8. The van der Waals surface area contributed by atoms with E-state index in [1.54, 1.807) is 7.11 Å². The van der Waals surface area contributed by atoms with Crippen LogP contribution in [0.3, 0.4) is 0 Å². The van der Waals surface area contributed by atoms with Crippen LogP contribution in [-0.2, 0) is 11.3 Å². The van der Waals surface area contributed by atoms with Gasteiger partial charge in [-0.2, -0.15) is 0 Å². The Morgan fingerprint density at radius 1 is 1.29 bits per heavy atom. The van der Waals surface area contributed by atoms with Crippen molar-refractivity contribution in [2.45, 2.75) is 13.5 Å². The van der Waals surface area contributed by atoms with Gasteiger partial charge in [0.05, 0.1) is 6.61 Å². The lowest BCUT2D eigenvalue weighted by molar-refractivity contribution is 0.199. The molecule has 0 aliphatic carbocycles. The van der Waals surface area contributed by atoms with E-state index in [2.05, 4.69) is 15.5 Å². The van der Waals surface area contributed by atoms with E-state index < -0.39 is 0 Å². The second-order valence-electron chi connectivity index (χ2n) is 4.27. The van der Waals surface area contributed by atoms with Gasteiger partial charge in [-0.05, 0) is 13.0 Å². The van der Waals surface area contributed by atoms with Gasteiger partial charge in [0.1, 0.15) is 10.8 Å². The topological polar surface area (TPSA) is 56.3 Å². The molecule has 0 atom stereocenters. The molecule has 21 heavy (non-hydrogen) atoms. The van der Waals surface area contributed by atoms with E-state index in [0.29, 0.717) is 18.3 Å². The first-order valence-corrected chi connectivity index (χ1v) is 7.56. The molecule has 0 aliphatic heterocycles. The van der Waals surface area contributed by atoms with Crippen molar-refractivity contribution in [1.82, 2.24) is 15.5 Å². The molecule has 0 aliphatic rings. The second kappa shape index (κ2) is 8.51. The summed E-state index contributed by atoms with van der Waals surface area (Å²) in [4.78, 5) is 0. The van der Waals surface area contributed by atoms with Crippen molar-refractivity contribution in [2.75, 3.05) is 20.3 Å².